The Morgan fingerprint density at radius 1 is 1.08 bits per heavy atom. The molecule has 1 atom stereocenters. The molecule has 1 aromatic carbocycles. The van der Waals surface area contributed by atoms with Gasteiger partial charge in [0, 0.05) is 12.7 Å². The number of rotatable bonds is 10. The molecule has 1 fully saturated rings. The molecule has 0 saturated heterocycles. The molecule has 194 valence electrons. The van der Waals surface area contributed by atoms with Gasteiger partial charge in [0.2, 0.25) is 11.8 Å². The van der Waals surface area contributed by atoms with E-state index in [2.05, 4.69) is 20.9 Å². The van der Waals surface area contributed by atoms with Gasteiger partial charge in [0.15, 0.2) is 17.5 Å². The van der Waals surface area contributed by atoms with E-state index in [1.165, 1.54) is 13.5 Å². The highest BCUT2D eigenvalue weighted by atomic mass is 35.5. The number of hydrogen-bond acceptors (Lipinski definition) is 6. The van der Waals surface area contributed by atoms with E-state index in [-0.39, 0.29) is 24.2 Å². The number of guanidine groups is 1. The average molecular weight is 516 g/mol. The van der Waals surface area contributed by atoms with E-state index in [0.717, 1.165) is 31.2 Å². The number of amides is 2. The monoisotopic (exact) mass is 515 g/mol. The van der Waals surface area contributed by atoms with Gasteiger partial charge in [-0.2, -0.15) is 0 Å². The van der Waals surface area contributed by atoms with Gasteiger partial charge in [-0.1, -0.05) is 55.8 Å². The van der Waals surface area contributed by atoms with Gasteiger partial charge in [-0.15, -0.1) is 0 Å². The third kappa shape index (κ3) is 8.41. The molecule has 0 bridgehead atoms. The van der Waals surface area contributed by atoms with E-state index in [1.54, 1.807) is 43.6 Å². The summed E-state index contributed by atoms with van der Waals surface area (Å²) in [5, 5.41) is 17.1. The van der Waals surface area contributed by atoms with Gasteiger partial charge in [-0.25, -0.2) is 4.98 Å². The normalized spacial score (nSPS) is 14.4. The summed E-state index contributed by atoms with van der Waals surface area (Å²) >= 11 is 5.83. The molecular formula is C26H34ClN5O4. The van der Waals surface area contributed by atoms with E-state index in [0.29, 0.717) is 41.1 Å². The SMILES string of the molecule is COc1ccc(CC(=O)NC(=N)N[C@H](CC2CCCCC2)C(=O)NCc2ccc(Cl)nc2)cc1OC. The number of carbonyl (C=O) groups excluding carboxylic acids is 2. The number of hydrogen-bond donors (Lipinski definition) is 4. The highest BCUT2D eigenvalue weighted by Gasteiger charge is 2.25. The molecule has 0 radical (unpaired) electrons. The molecule has 2 amide bonds. The Hall–Kier alpha value is -3.33. The minimum absolute atomic E-state index is 0.0491. The molecule has 1 aliphatic carbocycles. The van der Waals surface area contributed by atoms with Gasteiger partial charge < -0.3 is 20.1 Å². The van der Waals surface area contributed by atoms with Crippen molar-refractivity contribution in [2.75, 3.05) is 14.2 Å². The lowest BCUT2D eigenvalue weighted by atomic mass is 9.84. The van der Waals surface area contributed by atoms with Crippen LogP contribution in [0.25, 0.3) is 0 Å². The predicted octanol–water partition coefficient (Wildman–Crippen LogP) is 3.59. The van der Waals surface area contributed by atoms with Crippen molar-refractivity contribution >= 4 is 29.4 Å². The summed E-state index contributed by atoms with van der Waals surface area (Å²) in [6.07, 6.45) is 7.89. The Balaban J connectivity index is 1.58. The van der Waals surface area contributed by atoms with Crippen LogP contribution in [0.1, 0.15) is 49.7 Å². The molecule has 1 aromatic heterocycles. The topological polar surface area (TPSA) is 125 Å². The minimum atomic E-state index is -0.637. The summed E-state index contributed by atoms with van der Waals surface area (Å²) in [7, 11) is 3.08. The molecule has 0 spiro atoms. The van der Waals surface area contributed by atoms with Crippen LogP contribution in [0.5, 0.6) is 11.5 Å². The van der Waals surface area contributed by atoms with Crippen molar-refractivity contribution in [1.82, 2.24) is 20.9 Å². The minimum Gasteiger partial charge on any atom is -0.493 e. The molecular weight excluding hydrogens is 482 g/mol. The van der Waals surface area contributed by atoms with Crippen LogP contribution in [0.15, 0.2) is 36.5 Å². The maximum Gasteiger partial charge on any atom is 0.242 e. The van der Waals surface area contributed by atoms with Crippen LogP contribution in [0.3, 0.4) is 0 Å². The first kappa shape index (κ1) is 27.3. The number of benzene rings is 1. The number of halogens is 1. The number of nitrogens with zero attached hydrogens (tertiary/aromatic N) is 1. The Labute approximate surface area is 216 Å². The zero-order chi connectivity index (χ0) is 25.9. The molecule has 4 N–H and O–H groups in total. The van der Waals surface area contributed by atoms with E-state index >= 15 is 0 Å². The van der Waals surface area contributed by atoms with Gasteiger partial charge in [0.25, 0.3) is 0 Å². The largest absolute Gasteiger partial charge is 0.493 e. The van der Waals surface area contributed by atoms with Crippen LogP contribution in [-0.4, -0.2) is 43.0 Å². The second-order valence-electron chi connectivity index (χ2n) is 8.93. The number of nitrogens with one attached hydrogen (secondary N) is 4. The van der Waals surface area contributed by atoms with Crippen molar-refractivity contribution in [1.29, 1.82) is 5.41 Å². The standard InChI is InChI=1S/C26H34ClN5O4/c1-35-21-10-8-18(13-22(21)36-2)14-24(33)32-26(28)31-20(12-17-6-4-3-5-7-17)25(34)30-16-19-9-11-23(27)29-15-19/h8-11,13,15,17,20H,3-7,12,14,16H2,1-2H3,(H,30,34)(H3,28,31,32,33)/t20-/m1/s1. The van der Waals surface area contributed by atoms with Crippen molar-refractivity contribution in [3.63, 3.8) is 0 Å². The Morgan fingerprint density at radius 3 is 2.47 bits per heavy atom. The first-order valence-electron chi connectivity index (χ1n) is 12.1. The fraction of sp³-hybridized carbons (Fsp3) is 0.462. The third-order valence-electron chi connectivity index (χ3n) is 6.26. The second-order valence-corrected chi connectivity index (χ2v) is 9.32. The Kier molecular flexibility index (Phi) is 10.4. The van der Waals surface area contributed by atoms with Crippen LogP contribution >= 0.6 is 11.6 Å². The quantitative estimate of drug-likeness (QED) is 0.218. The predicted molar refractivity (Wildman–Crippen MR) is 138 cm³/mol. The van der Waals surface area contributed by atoms with Gasteiger partial charge in [0.05, 0.1) is 20.6 Å². The van der Waals surface area contributed by atoms with E-state index in [1.807, 2.05) is 0 Å². The van der Waals surface area contributed by atoms with Crippen molar-refractivity contribution in [3.05, 3.63) is 52.8 Å². The molecule has 36 heavy (non-hydrogen) atoms. The lowest BCUT2D eigenvalue weighted by Crippen LogP contribution is -2.52. The third-order valence-corrected chi connectivity index (χ3v) is 6.48. The summed E-state index contributed by atoms with van der Waals surface area (Å²) in [6.45, 7) is 0.296. The number of carbonyl (C=O) groups is 2. The summed E-state index contributed by atoms with van der Waals surface area (Å²) in [4.78, 5) is 29.7. The average Bonchev–Trinajstić information content (AvgIpc) is 2.88. The van der Waals surface area contributed by atoms with Crippen LogP contribution in [0.2, 0.25) is 5.15 Å². The molecule has 10 heteroatoms. The van der Waals surface area contributed by atoms with Gasteiger partial charge in [-0.3, -0.25) is 20.3 Å². The van der Waals surface area contributed by atoms with Crippen molar-refractivity contribution in [3.8, 4) is 11.5 Å². The van der Waals surface area contributed by atoms with E-state index in [9.17, 15) is 9.59 Å². The number of ether oxygens (including phenoxy) is 2. The number of methoxy groups -OCH3 is 2. The lowest BCUT2D eigenvalue weighted by Gasteiger charge is -2.27. The summed E-state index contributed by atoms with van der Waals surface area (Å²) in [5.74, 6) is 0.690. The van der Waals surface area contributed by atoms with Gasteiger partial charge in [-0.05, 0) is 41.7 Å². The van der Waals surface area contributed by atoms with Crippen molar-refractivity contribution in [2.24, 2.45) is 5.92 Å². The molecule has 2 aromatic rings. The zero-order valence-electron chi connectivity index (χ0n) is 20.7. The highest BCUT2D eigenvalue weighted by molar-refractivity contribution is 6.29. The van der Waals surface area contributed by atoms with Crippen LogP contribution in [-0.2, 0) is 22.6 Å². The molecule has 3 rings (SSSR count). The lowest BCUT2D eigenvalue weighted by molar-refractivity contribution is -0.123. The van der Waals surface area contributed by atoms with Crippen LogP contribution in [0, 0.1) is 11.3 Å². The second kappa shape index (κ2) is 13.7. The van der Waals surface area contributed by atoms with Crippen molar-refractivity contribution < 1.29 is 19.1 Å². The smallest absolute Gasteiger partial charge is 0.242 e. The van der Waals surface area contributed by atoms with Gasteiger partial charge in [0.1, 0.15) is 11.2 Å². The molecule has 1 aliphatic rings. The molecule has 1 saturated carbocycles. The molecule has 0 unspecified atom stereocenters. The number of pyridine rings is 1. The highest BCUT2D eigenvalue weighted by Crippen LogP contribution is 2.28. The molecule has 1 heterocycles. The molecule has 0 aliphatic heterocycles. The number of aromatic nitrogens is 1. The first-order chi connectivity index (χ1) is 17.4. The van der Waals surface area contributed by atoms with Crippen LogP contribution in [0.4, 0.5) is 0 Å². The fourth-order valence-electron chi connectivity index (χ4n) is 4.38. The van der Waals surface area contributed by atoms with E-state index < -0.39 is 6.04 Å². The summed E-state index contributed by atoms with van der Waals surface area (Å²) in [6, 6.07) is 8.05. The Morgan fingerprint density at radius 2 is 1.81 bits per heavy atom. The maximum absolute atomic E-state index is 13.0. The molecule has 9 nitrogen and oxygen atoms in total. The summed E-state index contributed by atoms with van der Waals surface area (Å²) < 4.78 is 10.5. The Bertz CT molecular complexity index is 1040. The first-order valence-corrected chi connectivity index (χ1v) is 12.5. The van der Waals surface area contributed by atoms with Crippen LogP contribution < -0.4 is 25.4 Å². The summed E-state index contributed by atoms with van der Waals surface area (Å²) in [5.41, 5.74) is 1.54. The van der Waals surface area contributed by atoms with Gasteiger partial charge >= 0.3 is 0 Å². The maximum atomic E-state index is 13.0. The van der Waals surface area contributed by atoms with Crippen molar-refractivity contribution in [2.45, 2.75) is 57.5 Å². The van der Waals surface area contributed by atoms with E-state index in [4.69, 9.17) is 26.5 Å². The zero-order valence-corrected chi connectivity index (χ0v) is 21.5. The fourth-order valence-corrected chi connectivity index (χ4v) is 4.49.